The molecule has 1 unspecified atom stereocenters. The first-order chi connectivity index (χ1) is 11.2. The summed E-state index contributed by atoms with van der Waals surface area (Å²) in [7, 11) is 0. The first-order valence-corrected chi connectivity index (χ1v) is 8.42. The number of hydrogen-bond donors (Lipinski definition) is 0. The van der Waals surface area contributed by atoms with Gasteiger partial charge in [-0.25, -0.2) is 0 Å². The lowest BCUT2D eigenvalue weighted by atomic mass is 9.96. The molecule has 120 valence electrons. The molecule has 2 aromatic rings. The molecule has 5 heteroatoms. The minimum Gasteiger partial charge on any atom is -0.360 e. The Morgan fingerprint density at radius 3 is 3.09 bits per heavy atom. The number of likely N-dealkylation sites (tertiary alicyclic amines) is 1. The molecule has 3 heterocycles. The van der Waals surface area contributed by atoms with Gasteiger partial charge in [0.2, 0.25) is 0 Å². The Morgan fingerprint density at radius 1 is 1.35 bits per heavy atom. The lowest BCUT2D eigenvalue weighted by Gasteiger charge is -2.17. The van der Waals surface area contributed by atoms with Crippen LogP contribution in [-0.4, -0.2) is 34.0 Å². The van der Waals surface area contributed by atoms with Crippen molar-refractivity contribution in [3.8, 4) is 0 Å². The summed E-state index contributed by atoms with van der Waals surface area (Å²) in [5.74, 6) is 1.26. The summed E-state index contributed by atoms with van der Waals surface area (Å²) in [5, 5.41) is 4.08. The van der Waals surface area contributed by atoms with Crippen LogP contribution < -0.4 is 0 Å². The van der Waals surface area contributed by atoms with Gasteiger partial charge in [0, 0.05) is 42.9 Å². The van der Waals surface area contributed by atoms with E-state index < -0.39 is 0 Å². The molecule has 0 aromatic carbocycles. The van der Waals surface area contributed by atoms with Crippen molar-refractivity contribution >= 4 is 5.91 Å². The van der Waals surface area contributed by atoms with Gasteiger partial charge in [-0.2, -0.15) is 0 Å². The van der Waals surface area contributed by atoms with E-state index in [0.29, 0.717) is 11.6 Å². The number of amides is 1. The van der Waals surface area contributed by atoms with Crippen LogP contribution in [0.25, 0.3) is 0 Å². The number of aryl methyl sites for hydroxylation is 2. The smallest absolute Gasteiger partial charge is 0.276 e. The van der Waals surface area contributed by atoms with Crippen LogP contribution in [0.15, 0.2) is 22.9 Å². The number of nitrogens with zero attached hydrogens (tertiary/aromatic N) is 3. The number of carbonyl (C=O) groups excluding carboxylic acids is 1. The molecule has 1 saturated heterocycles. The molecule has 2 aliphatic rings. The van der Waals surface area contributed by atoms with E-state index in [0.717, 1.165) is 62.2 Å². The van der Waals surface area contributed by atoms with E-state index in [1.54, 1.807) is 0 Å². The molecule has 0 spiro atoms. The Kier molecular flexibility index (Phi) is 3.63. The lowest BCUT2D eigenvalue weighted by molar-refractivity contribution is 0.0779. The first kappa shape index (κ1) is 14.4. The van der Waals surface area contributed by atoms with Gasteiger partial charge in [-0.3, -0.25) is 9.78 Å². The number of carbonyl (C=O) groups is 1. The van der Waals surface area contributed by atoms with Crippen LogP contribution in [0.2, 0.25) is 0 Å². The van der Waals surface area contributed by atoms with Crippen molar-refractivity contribution < 1.29 is 9.32 Å². The number of pyridine rings is 1. The van der Waals surface area contributed by atoms with Gasteiger partial charge in [-0.15, -0.1) is 0 Å². The quantitative estimate of drug-likeness (QED) is 0.855. The van der Waals surface area contributed by atoms with Crippen LogP contribution in [0.1, 0.15) is 58.2 Å². The summed E-state index contributed by atoms with van der Waals surface area (Å²) < 4.78 is 5.39. The fourth-order valence-corrected chi connectivity index (χ4v) is 3.80. The second-order valence-corrected chi connectivity index (χ2v) is 6.58. The second-order valence-electron chi connectivity index (χ2n) is 6.58. The molecule has 2 aromatic heterocycles. The Bertz CT molecular complexity index is 738. The van der Waals surface area contributed by atoms with Gasteiger partial charge in [-0.1, -0.05) is 11.2 Å². The fourth-order valence-electron chi connectivity index (χ4n) is 3.80. The van der Waals surface area contributed by atoms with Crippen molar-refractivity contribution in [2.24, 2.45) is 0 Å². The highest BCUT2D eigenvalue weighted by Crippen LogP contribution is 2.30. The molecule has 0 bridgehead atoms. The van der Waals surface area contributed by atoms with Gasteiger partial charge in [0.25, 0.3) is 5.91 Å². The highest BCUT2D eigenvalue weighted by atomic mass is 16.5. The zero-order valence-electron chi connectivity index (χ0n) is 13.4. The van der Waals surface area contributed by atoms with Gasteiger partial charge in [-0.05, 0) is 44.2 Å². The van der Waals surface area contributed by atoms with Crippen LogP contribution in [0.3, 0.4) is 0 Å². The zero-order chi connectivity index (χ0) is 15.8. The highest BCUT2D eigenvalue weighted by molar-refractivity contribution is 5.94. The van der Waals surface area contributed by atoms with Gasteiger partial charge < -0.3 is 9.42 Å². The molecule has 0 radical (unpaired) electrons. The Morgan fingerprint density at radius 2 is 2.22 bits per heavy atom. The average Bonchev–Trinajstić information content (AvgIpc) is 3.22. The topological polar surface area (TPSA) is 59.2 Å². The number of rotatable bonds is 2. The molecule has 5 nitrogen and oxygen atoms in total. The standard InChI is InChI=1S/C18H21N3O2/c1-12-5-4-9-19-16(12)13-8-10-21(11-13)18(22)17-14-6-2-3-7-15(14)23-20-17/h4-5,9,13H,2-3,6-8,10-11H2,1H3. The van der Waals surface area contributed by atoms with Crippen LogP contribution in [0.5, 0.6) is 0 Å². The van der Waals surface area contributed by atoms with E-state index in [1.807, 2.05) is 17.2 Å². The van der Waals surface area contributed by atoms with Crippen molar-refractivity contribution in [2.75, 3.05) is 13.1 Å². The lowest BCUT2D eigenvalue weighted by Crippen LogP contribution is -2.30. The third-order valence-corrected chi connectivity index (χ3v) is 5.06. The van der Waals surface area contributed by atoms with Gasteiger partial charge in [0.05, 0.1) is 0 Å². The molecule has 0 saturated carbocycles. The van der Waals surface area contributed by atoms with Crippen molar-refractivity contribution in [1.82, 2.24) is 15.0 Å². The van der Waals surface area contributed by atoms with Crippen LogP contribution in [0, 0.1) is 6.92 Å². The van der Waals surface area contributed by atoms with E-state index in [4.69, 9.17) is 4.52 Å². The Balaban J connectivity index is 1.53. The summed E-state index contributed by atoms with van der Waals surface area (Å²) in [5.41, 5.74) is 3.90. The van der Waals surface area contributed by atoms with E-state index in [2.05, 4.69) is 23.1 Å². The minimum atomic E-state index is 0.0213. The first-order valence-electron chi connectivity index (χ1n) is 8.42. The Hall–Kier alpha value is -2.17. The summed E-state index contributed by atoms with van der Waals surface area (Å²) in [6, 6.07) is 4.04. The third-order valence-electron chi connectivity index (χ3n) is 5.06. The molecule has 1 fully saturated rings. The summed E-state index contributed by atoms with van der Waals surface area (Å²) in [6.45, 7) is 3.57. The van der Waals surface area contributed by atoms with Crippen LogP contribution >= 0.6 is 0 Å². The molecular weight excluding hydrogens is 290 g/mol. The van der Waals surface area contributed by atoms with Gasteiger partial charge >= 0.3 is 0 Å². The molecule has 0 N–H and O–H groups in total. The summed E-state index contributed by atoms with van der Waals surface area (Å²) in [6.07, 6.45) is 6.86. The predicted octanol–water partition coefficient (Wildman–Crippen LogP) is 2.89. The second kappa shape index (κ2) is 5.80. The van der Waals surface area contributed by atoms with Crippen molar-refractivity contribution in [3.05, 3.63) is 46.6 Å². The van der Waals surface area contributed by atoms with Crippen molar-refractivity contribution in [3.63, 3.8) is 0 Å². The highest BCUT2D eigenvalue weighted by Gasteiger charge is 2.33. The number of hydrogen-bond acceptors (Lipinski definition) is 4. The van der Waals surface area contributed by atoms with Crippen molar-refractivity contribution in [2.45, 2.75) is 44.9 Å². The SMILES string of the molecule is Cc1cccnc1C1CCN(C(=O)c2noc3c2CCCC3)C1. The maximum atomic E-state index is 12.8. The normalized spacial score (nSPS) is 20.6. The third kappa shape index (κ3) is 2.54. The average molecular weight is 311 g/mol. The van der Waals surface area contributed by atoms with Crippen LogP contribution in [-0.2, 0) is 12.8 Å². The van der Waals surface area contributed by atoms with Crippen molar-refractivity contribution in [1.29, 1.82) is 0 Å². The van der Waals surface area contributed by atoms with Gasteiger partial charge in [0.15, 0.2) is 5.69 Å². The van der Waals surface area contributed by atoms with Crippen LogP contribution in [0.4, 0.5) is 0 Å². The maximum Gasteiger partial charge on any atom is 0.276 e. The van der Waals surface area contributed by atoms with E-state index in [-0.39, 0.29) is 5.91 Å². The molecule has 1 aliphatic heterocycles. The molecule has 1 amide bonds. The predicted molar refractivity (Wildman–Crippen MR) is 85.4 cm³/mol. The van der Waals surface area contributed by atoms with Gasteiger partial charge in [0.1, 0.15) is 5.76 Å². The number of fused-ring (bicyclic) bond motifs is 1. The largest absolute Gasteiger partial charge is 0.360 e. The molecule has 23 heavy (non-hydrogen) atoms. The van der Waals surface area contributed by atoms with E-state index >= 15 is 0 Å². The molecule has 1 atom stereocenters. The summed E-state index contributed by atoms with van der Waals surface area (Å²) in [4.78, 5) is 19.2. The van der Waals surface area contributed by atoms with E-state index in [1.165, 1.54) is 5.56 Å². The molecular formula is C18H21N3O2. The molecule has 4 rings (SSSR count). The summed E-state index contributed by atoms with van der Waals surface area (Å²) >= 11 is 0. The Labute approximate surface area is 135 Å². The monoisotopic (exact) mass is 311 g/mol. The minimum absolute atomic E-state index is 0.0213. The zero-order valence-corrected chi connectivity index (χ0v) is 13.4. The fraction of sp³-hybridized carbons (Fsp3) is 0.500. The maximum absolute atomic E-state index is 12.8. The number of aromatic nitrogens is 2. The molecule has 1 aliphatic carbocycles. The van der Waals surface area contributed by atoms with E-state index in [9.17, 15) is 4.79 Å².